The van der Waals surface area contributed by atoms with Gasteiger partial charge in [-0.2, -0.15) is 0 Å². The van der Waals surface area contributed by atoms with Crippen molar-refractivity contribution in [3.05, 3.63) is 26.7 Å². The Bertz CT molecular complexity index is 270. The van der Waals surface area contributed by atoms with E-state index in [0.717, 1.165) is 11.1 Å². The first-order valence-corrected chi connectivity index (χ1v) is 4.35. The summed E-state index contributed by atoms with van der Waals surface area (Å²) in [5, 5.41) is 10.1. The molecule has 11 heavy (non-hydrogen) atoms. The van der Waals surface area contributed by atoms with Crippen molar-refractivity contribution in [2.24, 2.45) is 0 Å². The van der Waals surface area contributed by atoms with Crippen LogP contribution in [0.5, 0.6) is 5.75 Å². The predicted molar refractivity (Wildman–Crippen MR) is 50.3 cm³/mol. The Kier molecular flexibility index (Phi) is 2.45. The number of hydrogen-bond acceptors (Lipinski definition) is 1. The fraction of sp³-hybridized carbons (Fsp3) is 0.250. The third kappa shape index (κ3) is 1.52. The number of aromatic hydroxyl groups is 1. The zero-order valence-corrected chi connectivity index (χ0v) is 8.62. The smallest absolute Gasteiger partial charge is 0.133 e. The average Bonchev–Trinajstić information content (AvgIpc) is 1.97. The van der Waals surface area contributed by atoms with Gasteiger partial charge in [0.1, 0.15) is 5.75 Å². The highest BCUT2D eigenvalue weighted by Crippen LogP contribution is 2.34. The van der Waals surface area contributed by atoms with Gasteiger partial charge in [0.25, 0.3) is 0 Å². The highest BCUT2D eigenvalue weighted by atomic mass is 79.9. The Morgan fingerprint density at radius 3 is 2.55 bits per heavy atom. The monoisotopic (exact) mass is 234 g/mol. The van der Waals surface area contributed by atoms with Crippen molar-refractivity contribution >= 4 is 27.5 Å². The quantitative estimate of drug-likeness (QED) is 0.730. The molecule has 1 aromatic carbocycles. The molecule has 0 radical (unpaired) electrons. The van der Waals surface area contributed by atoms with E-state index in [0.29, 0.717) is 9.50 Å². The molecule has 0 aliphatic rings. The summed E-state index contributed by atoms with van der Waals surface area (Å²) in [4.78, 5) is 0. The molecular weight excluding hydrogens is 227 g/mol. The van der Waals surface area contributed by atoms with E-state index in [1.165, 1.54) is 0 Å². The molecule has 60 valence electrons. The highest BCUT2D eigenvalue weighted by Gasteiger charge is 2.07. The predicted octanol–water partition coefficient (Wildman–Crippen LogP) is 3.42. The van der Waals surface area contributed by atoms with Crippen molar-refractivity contribution in [1.82, 2.24) is 0 Å². The Labute approximate surface area is 79.1 Å². The zero-order chi connectivity index (χ0) is 8.59. The topological polar surface area (TPSA) is 20.2 Å². The van der Waals surface area contributed by atoms with Gasteiger partial charge in [-0.25, -0.2) is 0 Å². The standard InChI is InChI=1S/C8H8BrClO/c1-4-3-6(10)5(2)7(9)8(4)11/h3,11H,1-2H3. The Hall–Kier alpha value is -0.210. The molecule has 0 fully saturated rings. The van der Waals surface area contributed by atoms with E-state index in [4.69, 9.17) is 11.6 Å². The molecule has 3 heteroatoms. The summed E-state index contributed by atoms with van der Waals surface area (Å²) in [6, 6.07) is 1.75. The Morgan fingerprint density at radius 2 is 2.00 bits per heavy atom. The van der Waals surface area contributed by atoms with E-state index < -0.39 is 0 Å². The van der Waals surface area contributed by atoms with Gasteiger partial charge in [-0.1, -0.05) is 11.6 Å². The van der Waals surface area contributed by atoms with E-state index in [1.54, 1.807) is 6.07 Å². The van der Waals surface area contributed by atoms with E-state index in [1.807, 2.05) is 13.8 Å². The van der Waals surface area contributed by atoms with Gasteiger partial charge in [-0.05, 0) is 47.0 Å². The van der Waals surface area contributed by atoms with Crippen LogP contribution in [0.2, 0.25) is 5.02 Å². The molecule has 0 spiro atoms. The molecular formula is C8H8BrClO. The lowest BCUT2D eigenvalue weighted by molar-refractivity contribution is 0.467. The van der Waals surface area contributed by atoms with Crippen LogP contribution in [0.1, 0.15) is 11.1 Å². The number of aryl methyl sites for hydroxylation is 1. The molecule has 0 saturated heterocycles. The van der Waals surface area contributed by atoms with Crippen LogP contribution in [0.4, 0.5) is 0 Å². The molecule has 1 rings (SSSR count). The van der Waals surface area contributed by atoms with Gasteiger partial charge in [0.05, 0.1) is 4.47 Å². The molecule has 1 aromatic rings. The SMILES string of the molecule is Cc1cc(Cl)c(C)c(Br)c1O. The summed E-state index contributed by atoms with van der Waals surface area (Å²) >= 11 is 9.10. The average molecular weight is 236 g/mol. The Morgan fingerprint density at radius 1 is 1.45 bits per heavy atom. The van der Waals surface area contributed by atoms with Crippen molar-refractivity contribution in [3.8, 4) is 5.75 Å². The largest absolute Gasteiger partial charge is 0.506 e. The molecule has 0 aromatic heterocycles. The molecule has 0 heterocycles. The van der Waals surface area contributed by atoms with Gasteiger partial charge in [0, 0.05) is 5.02 Å². The number of benzene rings is 1. The van der Waals surface area contributed by atoms with Crippen LogP contribution in [0.3, 0.4) is 0 Å². The van der Waals surface area contributed by atoms with Crippen LogP contribution in [-0.2, 0) is 0 Å². The van der Waals surface area contributed by atoms with Crippen LogP contribution in [0, 0.1) is 13.8 Å². The molecule has 1 N–H and O–H groups in total. The summed E-state index contributed by atoms with van der Waals surface area (Å²) in [6.07, 6.45) is 0. The summed E-state index contributed by atoms with van der Waals surface area (Å²) < 4.78 is 0.683. The van der Waals surface area contributed by atoms with Crippen LogP contribution in [-0.4, -0.2) is 5.11 Å². The third-order valence-corrected chi connectivity index (χ3v) is 2.98. The lowest BCUT2D eigenvalue weighted by Crippen LogP contribution is -1.82. The maximum atomic E-state index is 9.41. The minimum absolute atomic E-state index is 0.270. The van der Waals surface area contributed by atoms with E-state index in [-0.39, 0.29) is 5.75 Å². The number of phenolic OH excluding ortho intramolecular Hbond substituents is 1. The highest BCUT2D eigenvalue weighted by molar-refractivity contribution is 9.10. The van der Waals surface area contributed by atoms with Crippen molar-refractivity contribution in [1.29, 1.82) is 0 Å². The van der Waals surface area contributed by atoms with Crippen LogP contribution in [0.15, 0.2) is 10.5 Å². The number of halogens is 2. The van der Waals surface area contributed by atoms with Crippen LogP contribution < -0.4 is 0 Å². The number of phenols is 1. The summed E-state index contributed by atoms with van der Waals surface area (Å²) in [5.74, 6) is 0.270. The number of hydrogen-bond donors (Lipinski definition) is 1. The summed E-state index contributed by atoms with van der Waals surface area (Å²) in [7, 11) is 0. The lowest BCUT2D eigenvalue weighted by Gasteiger charge is -2.06. The first kappa shape index (κ1) is 8.88. The second-order valence-electron chi connectivity index (χ2n) is 2.46. The molecule has 1 nitrogen and oxygen atoms in total. The van der Waals surface area contributed by atoms with Gasteiger partial charge in [-0.15, -0.1) is 0 Å². The molecule has 0 saturated carbocycles. The molecule has 0 amide bonds. The van der Waals surface area contributed by atoms with Crippen LogP contribution in [0.25, 0.3) is 0 Å². The van der Waals surface area contributed by atoms with Crippen LogP contribution >= 0.6 is 27.5 Å². The molecule has 0 atom stereocenters. The molecule has 0 bridgehead atoms. The van der Waals surface area contributed by atoms with Gasteiger partial charge in [0.15, 0.2) is 0 Å². The lowest BCUT2D eigenvalue weighted by atomic mass is 10.1. The van der Waals surface area contributed by atoms with Gasteiger partial charge < -0.3 is 5.11 Å². The van der Waals surface area contributed by atoms with Gasteiger partial charge >= 0.3 is 0 Å². The molecule has 0 unspecified atom stereocenters. The Balaban J connectivity index is 3.46. The zero-order valence-electron chi connectivity index (χ0n) is 6.28. The second kappa shape index (κ2) is 3.03. The molecule has 0 aliphatic carbocycles. The van der Waals surface area contributed by atoms with Gasteiger partial charge in [-0.3, -0.25) is 0 Å². The summed E-state index contributed by atoms with van der Waals surface area (Å²) in [5.41, 5.74) is 1.65. The fourth-order valence-electron chi connectivity index (χ4n) is 0.822. The van der Waals surface area contributed by atoms with E-state index in [9.17, 15) is 5.11 Å². The van der Waals surface area contributed by atoms with Crippen molar-refractivity contribution in [2.45, 2.75) is 13.8 Å². The fourth-order valence-corrected chi connectivity index (χ4v) is 1.72. The first-order valence-electron chi connectivity index (χ1n) is 3.18. The van der Waals surface area contributed by atoms with Crippen molar-refractivity contribution < 1.29 is 5.11 Å². The maximum Gasteiger partial charge on any atom is 0.133 e. The van der Waals surface area contributed by atoms with Crippen molar-refractivity contribution in [3.63, 3.8) is 0 Å². The maximum absolute atomic E-state index is 9.41. The van der Waals surface area contributed by atoms with E-state index >= 15 is 0 Å². The second-order valence-corrected chi connectivity index (χ2v) is 3.66. The first-order chi connectivity index (χ1) is 5.04. The van der Waals surface area contributed by atoms with Gasteiger partial charge in [0.2, 0.25) is 0 Å². The van der Waals surface area contributed by atoms with Crippen molar-refractivity contribution in [2.75, 3.05) is 0 Å². The number of rotatable bonds is 0. The minimum Gasteiger partial charge on any atom is -0.506 e. The third-order valence-electron chi connectivity index (χ3n) is 1.61. The molecule has 0 aliphatic heterocycles. The summed E-state index contributed by atoms with van der Waals surface area (Å²) in [6.45, 7) is 3.66. The normalized spacial score (nSPS) is 10.2. The minimum atomic E-state index is 0.270. The van der Waals surface area contributed by atoms with E-state index in [2.05, 4.69) is 15.9 Å².